The smallest absolute Gasteiger partial charge is 0.330 e. The number of nitrogens with two attached hydrogens (primary N) is 1. The fourth-order valence-electron chi connectivity index (χ4n) is 2.69. The van der Waals surface area contributed by atoms with Crippen molar-refractivity contribution < 1.29 is 14.3 Å². The molecule has 144 valence electrons. The average molecular weight is 352 g/mol. The molecule has 0 saturated carbocycles. The number of carbonyl (C=O) groups excluding carboxylic acids is 2. The van der Waals surface area contributed by atoms with E-state index in [1.807, 2.05) is 0 Å². The van der Waals surface area contributed by atoms with E-state index in [1.54, 1.807) is 0 Å². The van der Waals surface area contributed by atoms with Crippen molar-refractivity contribution in [1.82, 2.24) is 0 Å². The van der Waals surface area contributed by atoms with Crippen molar-refractivity contribution >= 4 is 11.9 Å². The number of primary amides is 1. The maximum atomic E-state index is 11.4. The minimum absolute atomic E-state index is 0.0348. The van der Waals surface area contributed by atoms with Gasteiger partial charge in [-0.1, -0.05) is 64.2 Å². The second kappa shape index (κ2) is 17.2. The number of allylic oxidation sites excluding steroid dienone is 1. The number of hydrogen-bond acceptors (Lipinski definition) is 3. The molecule has 4 heteroatoms. The van der Waals surface area contributed by atoms with Gasteiger partial charge in [-0.2, -0.15) is 0 Å². The van der Waals surface area contributed by atoms with Gasteiger partial charge in [-0.15, -0.1) is 0 Å². The lowest BCUT2D eigenvalue weighted by molar-refractivity contribution is -0.143. The van der Waals surface area contributed by atoms with Gasteiger partial charge in [0.05, 0.1) is 0 Å². The summed E-state index contributed by atoms with van der Waals surface area (Å²) in [4.78, 5) is 22.0. The van der Waals surface area contributed by atoms with Gasteiger partial charge in [0.25, 0.3) is 0 Å². The van der Waals surface area contributed by atoms with E-state index in [4.69, 9.17) is 10.5 Å². The summed E-state index contributed by atoms with van der Waals surface area (Å²) in [7, 11) is 0. The summed E-state index contributed by atoms with van der Waals surface area (Å²) in [5, 5.41) is 0. The van der Waals surface area contributed by atoms with E-state index in [9.17, 15) is 9.59 Å². The van der Waals surface area contributed by atoms with Gasteiger partial charge in [0.2, 0.25) is 5.91 Å². The predicted molar refractivity (Wildman–Crippen MR) is 104 cm³/mol. The summed E-state index contributed by atoms with van der Waals surface area (Å²) >= 11 is 0. The van der Waals surface area contributed by atoms with Gasteiger partial charge in [0.1, 0.15) is 6.10 Å². The number of rotatable bonds is 17. The number of amides is 1. The maximum absolute atomic E-state index is 11.4. The van der Waals surface area contributed by atoms with Crippen molar-refractivity contribution in [3.63, 3.8) is 0 Å². The molecule has 25 heavy (non-hydrogen) atoms. The van der Waals surface area contributed by atoms with Crippen molar-refractivity contribution in [3.05, 3.63) is 24.8 Å². The van der Waals surface area contributed by atoms with Crippen LogP contribution in [0.25, 0.3) is 0 Å². The lowest BCUT2D eigenvalue weighted by Gasteiger charge is -2.15. The van der Waals surface area contributed by atoms with Crippen molar-refractivity contribution in [2.24, 2.45) is 5.73 Å². The molecule has 0 radical (unpaired) electrons. The van der Waals surface area contributed by atoms with Gasteiger partial charge in [-0.25, -0.2) is 4.79 Å². The molecule has 4 nitrogen and oxygen atoms in total. The molecule has 0 aromatic carbocycles. The largest absolute Gasteiger partial charge is 0.459 e. The topological polar surface area (TPSA) is 69.4 Å². The zero-order chi connectivity index (χ0) is 18.8. The lowest BCUT2D eigenvalue weighted by atomic mass is 10.1. The molecule has 0 bridgehead atoms. The van der Waals surface area contributed by atoms with Crippen LogP contribution in [0.2, 0.25) is 0 Å². The Kier molecular flexibility index (Phi) is 16.2. The standard InChI is InChI=1S/C21H37NO3/c1-3-5-6-13-16-19(25-21(24)4-2)17-14-11-9-7-8-10-12-15-18-20(22)23/h4,11,14,19H,2-3,5-10,12-13,15-18H2,1H3,(H2,22,23)/b14-11-. The van der Waals surface area contributed by atoms with Gasteiger partial charge < -0.3 is 10.5 Å². The molecule has 0 aliphatic carbocycles. The van der Waals surface area contributed by atoms with Crippen molar-refractivity contribution in [1.29, 1.82) is 0 Å². The number of esters is 1. The zero-order valence-corrected chi connectivity index (χ0v) is 16.0. The van der Waals surface area contributed by atoms with E-state index in [1.165, 1.54) is 31.8 Å². The Balaban J connectivity index is 3.81. The molecule has 0 saturated heterocycles. The molecule has 0 aromatic heterocycles. The third-order valence-corrected chi connectivity index (χ3v) is 4.19. The van der Waals surface area contributed by atoms with E-state index in [0.717, 1.165) is 51.4 Å². The van der Waals surface area contributed by atoms with Crippen LogP contribution in [0.3, 0.4) is 0 Å². The average Bonchev–Trinajstić information content (AvgIpc) is 2.59. The Morgan fingerprint density at radius 3 is 2.36 bits per heavy atom. The highest BCUT2D eigenvalue weighted by Gasteiger charge is 2.10. The molecule has 0 heterocycles. The molecule has 0 aromatic rings. The number of ether oxygens (including phenoxy) is 1. The summed E-state index contributed by atoms with van der Waals surface area (Å²) in [6.07, 6.45) is 19.0. The summed E-state index contributed by atoms with van der Waals surface area (Å²) in [5.74, 6) is -0.533. The Morgan fingerprint density at radius 2 is 1.68 bits per heavy atom. The zero-order valence-electron chi connectivity index (χ0n) is 16.0. The highest BCUT2D eigenvalue weighted by Crippen LogP contribution is 2.13. The summed E-state index contributed by atoms with van der Waals surface area (Å²) in [5.41, 5.74) is 5.11. The molecule has 2 N–H and O–H groups in total. The van der Waals surface area contributed by atoms with Crippen molar-refractivity contribution in [3.8, 4) is 0 Å². The third kappa shape index (κ3) is 17.0. The molecular weight excluding hydrogens is 314 g/mol. The van der Waals surface area contributed by atoms with E-state index in [0.29, 0.717) is 6.42 Å². The van der Waals surface area contributed by atoms with Gasteiger partial charge in [0, 0.05) is 18.9 Å². The molecule has 0 spiro atoms. The van der Waals surface area contributed by atoms with Crippen LogP contribution in [0.4, 0.5) is 0 Å². The molecule has 0 aliphatic rings. The molecule has 0 rings (SSSR count). The molecule has 0 fully saturated rings. The van der Waals surface area contributed by atoms with E-state index >= 15 is 0 Å². The highest BCUT2D eigenvalue weighted by molar-refractivity contribution is 5.81. The minimum Gasteiger partial charge on any atom is -0.459 e. The number of unbranched alkanes of at least 4 members (excludes halogenated alkanes) is 8. The highest BCUT2D eigenvalue weighted by atomic mass is 16.5. The van der Waals surface area contributed by atoms with E-state index in [2.05, 4.69) is 25.7 Å². The van der Waals surface area contributed by atoms with Crippen LogP contribution in [0.15, 0.2) is 24.8 Å². The van der Waals surface area contributed by atoms with Crippen LogP contribution >= 0.6 is 0 Å². The molecule has 0 aliphatic heterocycles. The summed E-state index contributed by atoms with van der Waals surface area (Å²) < 4.78 is 5.43. The second-order valence-electron chi connectivity index (χ2n) is 6.59. The van der Waals surface area contributed by atoms with Crippen LogP contribution in [-0.2, 0) is 14.3 Å². The Morgan fingerprint density at radius 1 is 1.00 bits per heavy atom. The number of hydrogen-bond donors (Lipinski definition) is 1. The SMILES string of the molecule is C=CC(=O)OC(C/C=C\CCCCCCCC(N)=O)CCCCCC. The fourth-order valence-corrected chi connectivity index (χ4v) is 2.69. The first-order valence-corrected chi connectivity index (χ1v) is 9.86. The molecule has 1 unspecified atom stereocenters. The van der Waals surface area contributed by atoms with Gasteiger partial charge in [-0.3, -0.25) is 4.79 Å². The number of carbonyl (C=O) groups is 2. The van der Waals surface area contributed by atoms with Crippen LogP contribution in [-0.4, -0.2) is 18.0 Å². The van der Waals surface area contributed by atoms with Gasteiger partial charge in [0.15, 0.2) is 0 Å². The summed E-state index contributed by atoms with van der Waals surface area (Å²) in [6.45, 7) is 5.66. The van der Waals surface area contributed by atoms with Crippen LogP contribution in [0.5, 0.6) is 0 Å². The first-order chi connectivity index (χ1) is 12.1. The fraction of sp³-hybridized carbons (Fsp3) is 0.714. The third-order valence-electron chi connectivity index (χ3n) is 4.19. The lowest BCUT2D eigenvalue weighted by Crippen LogP contribution is -2.16. The quantitative estimate of drug-likeness (QED) is 0.169. The molecule has 1 atom stereocenters. The summed E-state index contributed by atoms with van der Waals surface area (Å²) in [6, 6.07) is 0. The van der Waals surface area contributed by atoms with E-state index in [-0.39, 0.29) is 18.0 Å². The normalized spacial score (nSPS) is 12.2. The van der Waals surface area contributed by atoms with Gasteiger partial charge in [-0.05, 0) is 32.1 Å². The Bertz CT molecular complexity index is 391. The van der Waals surface area contributed by atoms with Crippen molar-refractivity contribution in [2.45, 2.75) is 96.5 Å². The van der Waals surface area contributed by atoms with E-state index < -0.39 is 0 Å². The van der Waals surface area contributed by atoms with Crippen LogP contribution in [0.1, 0.15) is 90.4 Å². The monoisotopic (exact) mass is 351 g/mol. The molecule has 1 amide bonds. The van der Waals surface area contributed by atoms with Gasteiger partial charge >= 0.3 is 5.97 Å². The predicted octanol–water partition coefficient (Wildman–Crippen LogP) is 5.22. The Hall–Kier alpha value is -1.58. The second-order valence-corrected chi connectivity index (χ2v) is 6.59. The Labute approximate surface area is 153 Å². The minimum atomic E-state index is -0.329. The van der Waals surface area contributed by atoms with Crippen LogP contribution < -0.4 is 5.73 Å². The molecular formula is C21H37NO3. The maximum Gasteiger partial charge on any atom is 0.330 e. The van der Waals surface area contributed by atoms with Crippen LogP contribution in [0, 0.1) is 0 Å². The first kappa shape index (κ1) is 23.4. The van der Waals surface area contributed by atoms with Crippen molar-refractivity contribution in [2.75, 3.05) is 0 Å². The first-order valence-electron chi connectivity index (χ1n) is 9.86.